The van der Waals surface area contributed by atoms with Gasteiger partial charge in [-0.05, 0) is 69.1 Å². The van der Waals surface area contributed by atoms with Gasteiger partial charge in [0.05, 0.1) is 29.6 Å². The summed E-state index contributed by atoms with van der Waals surface area (Å²) < 4.78 is 68.3. The number of likely N-dealkylation sites (N-methyl/N-ethyl adjacent to an activating group) is 1. The van der Waals surface area contributed by atoms with E-state index in [-0.39, 0.29) is 29.1 Å². The largest absolute Gasteiger partial charge is 0.468 e. The van der Waals surface area contributed by atoms with Crippen molar-refractivity contribution in [1.82, 2.24) is 29.5 Å². The zero-order chi connectivity index (χ0) is 33.5. The van der Waals surface area contributed by atoms with Crippen LogP contribution in [0.25, 0.3) is 22.3 Å². The van der Waals surface area contributed by atoms with E-state index in [1.165, 1.54) is 43.1 Å². The lowest BCUT2D eigenvalue weighted by molar-refractivity contribution is 0.0815. The van der Waals surface area contributed by atoms with E-state index < -0.39 is 31.6 Å². The molecule has 7 rings (SSSR count). The number of rotatable bonds is 10. The van der Waals surface area contributed by atoms with E-state index in [2.05, 4.69) is 26.8 Å². The first-order chi connectivity index (χ1) is 23.1. The molecule has 5 aromatic rings. The van der Waals surface area contributed by atoms with E-state index >= 15 is 0 Å². The van der Waals surface area contributed by atoms with Gasteiger partial charge in [-0.15, -0.1) is 0 Å². The summed E-state index contributed by atoms with van der Waals surface area (Å²) in [5, 5.41) is 5.53. The van der Waals surface area contributed by atoms with Crippen molar-refractivity contribution < 1.29 is 25.7 Å². The third-order valence-corrected chi connectivity index (χ3v) is 13.3. The first kappa shape index (κ1) is 32.3. The summed E-state index contributed by atoms with van der Waals surface area (Å²) in [5.74, 6) is -0.915. The van der Waals surface area contributed by atoms with Crippen molar-refractivity contribution in [3.8, 4) is 11.3 Å². The van der Waals surface area contributed by atoms with Crippen molar-refractivity contribution in [3.05, 3.63) is 78.9 Å². The third kappa shape index (κ3) is 6.44. The molecule has 1 saturated heterocycles. The van der Waals surface area contributed by atoms with Crippen molar-refractivity contribution in [2.75, 3.05) is 42.7 Å². The maximum atomic E-state index is 13.8. The number of benzene rings is 1. The Labute approximate surface area is 279 Å². The second-order valence-electron chi connectivity index (χ2n) is 12.5. The number of hydrogen-bond donors (Lipinski definition) is 1. The van der Waals surface area contributed by atoms with E-state index in [1.54, 1.807) is 24.3 Å². The third-order valence-electron chi connectivity index (χ3n) is 9.23. The van der Waals surface area contributed by atoms with E-state index in [4.69, 9.17) is 19.7 Å². The standard InChI is InChI=1S/C32H38N8O6S2/c1-37-13-15-38(16-14-37)24-9-11-25(12-10-24)39-32-29(31(33)34-22-35-32)30(36-39)23-5-2-6-26(19-23)40(47(41,42)20-27-7-3-17-45-27)48(43,44)21-28-8-4-18-46-28/h2-8,17-19,22,24-25H,9-16,20-21H2,1H3,(H2,33,34,35). The number of nitrogens with two attached hydrogens (primary N) is 1. The minimum atomic E-state index is -4.51. The second-order valence-corrected chi connectivity index (χ2v) is 16.3. The Kier molecular flexibility index (Phi) is 8.74. The fourth-order valence-corrected chi connectivity index (χ4v) is 10.7. The van der Waals surface area contributed by atoms with Gasteiger partial charge in [-0.3, -0.25) is 4.90 Å². The summed E-state index contributed by atoms with van der Waals surface area (Å²) in [6.45, 7) is 4.31. The van der Waals surface area contributed by atoms with Crippen LogP contribution in [-0.4, -0.2) is 85.7 Å². The second kappa shape index (κ2) is 13.0. The van der Waals surface area contributed by atoms with Crippen LogP contribution in [0.3, 0.4) is 0 Å². The molecule has 0 radical (unpaired) electrons. The van der Waals surface area contributed by atoms with E-state index in [0.29, 0.717) is 32.0 Å². The van der Waals surface area contributed by atoms with Gasteiger partial charge >= 0.3 is 0 Å². The molecule has 1 aliphatic carbocycles. The van der Waals surface area contributed by atoms with Crippen molar-refractivity contribution in [2.45, 2.75) is 49.3 Å². The van der Waals surface area contributed by atoms with Gasteiger partial charge < -0.3 is 19.5 Å². The number of aromatic nitrogens is 4. The molecule has 5 heterocycles. The molecule has 1 saturated carbocycles. The van der Waals surface area contributed by atoms with Crippen LogP contribution in [0.2, 0.25) is 0 Å². The van der Waals surface area contributed by atoms with E-state index in [9.17, 15) is 16.8 Å². The number of furan rings is 2. The number of hydrogen-bond acceptors (Lipinski definition) is 12. The number of piperazine rings is 1. The van der Waals surface area contributed by atoms with Gasteiger partial charge in [0.25, 0.3) is 20.0 Å². The molecule has 16 heteroatoms. The highest BCUT2D eigenvalue weighted by Crippen LogP contribution is 2.38. The van der Waals surface area contributed by atoms with Gasteiger partial charge in [0, 0.05) is 37.8 Å². The minimum Gasteiger partial charge on any atom is -0.468 e. The SMILES string of the molecule is CN1CCN(C2CCC(n3nc(-c4cccc(N(S(=O)(=O)Cc5ccco5)S(=O)(=O)Cc5ccco5)c4)c4c(N)ncnc43)CC2)CC1. The molecule has 48 heavy (non-hydrogen) atoms. The summed E-state index contributed by atoms with van der Waals surface area (Å²) >= 11 is 0. The average molecular weight is 695 g/mol. The maximum Gasteiger partial charge on any atom is 0.255 e. The van der Waals surface area contributed by atoms with Crippen LogP contribution in [0.1, 0.15) is 43.2 Å². The quantitative estimate of drug-likeness (QED) is 0.224. The van der Waals surface area contributed by atoms with Crippen LogP contribution >= 0.6 is 0 Å². The van der Waals surface area contributed by atoms with E-state index in [1.807, 2.05) is 4.68 Å². The lowest BCUT2D eigenvalue weighted by atomic mass is 9.90. The Bertz CT molecular complexity index is 2020. The molecule has 1 aliphatic heterocycles. The number of sulfonamides is 2. The van der Waals surface area contributed by atoms with Crippen molar-refractivity contribution in [2.24, 2.45) is 0 Å². The van der Waals surface area contributed by atoms with Crippen molar-refractivity contribution >= 4 is 42.6 Å². The van der Waals surface area contributed by atoms with Gasteiger partial charge in [-0.1, -0.05) is 12.1 Å². The number of fused-ring (bicyclic) bond motifs is 1. The summed E-state index contributed by atoms with van der Waals surface area (Å²) in [7, 11) is -6.86. The van der Waals surface area contributed by atoms with Gasteiger partial charge in [-0.2, -0.15) is 8.81 Å². The Morgan fingerprint density at radius 1 is 0.833 bits per heavy atom. The molecule has 0 spiro atoms. The van der Waals surface area contributed by atoms with Crippen LogP contribution in [0, 0.1) is 0 Å². The Balaban J connectivity index is 1.24. The molecule has 0 bridgehead atoms. The van der Waals surface area contributed by atoms with Gasteiger partial charge in [-0.25, -0.2) is 31.5 Å². The zero-order valence-electron chi connectivity index (χ0n) is 26.6. The molecule has 14 nitrogen and oxygen atoms in total. The van der Waals surface area contributed by atoms with Crippen LogP contribution in [0.5, 0.6) is 0 Å². The Hall–Kier alpha value is -4.25. The van der Waals surface area contributed by atoms with Crippen LogP contribution in [-0.2, 0) is 31.6 Å². The normalized spacial score (nSPS) is 19.9. The first-order valence-electron chi connectivity index (χ1n) is 15.9. The predicted molar refractivity (Wildman–Crippen MR) is 181 cm³/mol. The molecule has 254 valence electrons. The van der Waals surface area contributed by atoms with Gasteiger partial charge in [0.2, 0.25) is 0 Å². The summed E-state index contributed by atoms with van der Waals surface area (Å²) in [6, 6.07) is 12.9. The highest BCUT2D eigenvalue weighted by atomic mass is 32.3. The fraction of sp³-hybridized carbons (Fsp3) is 0.406. The summed E-state index contributed by atoms with van der Waals surface area (Å²) in [4.78, 5) is 13.8. The molecule has 2 aliphatic rings. The van der Waals surface area contributed by atoms with Gasteiger partial charge in [0.15, 0.2) is 5.65 Å². The predicted octanol–water partition coefficient (Wildman–Crippen LogP) is 3.86. The average Bonchev–Trinajstić information content (AvgIpc) is 3.84. The van der Waals surface area contributed by atoms with Crippen LogP contribution in [0.4, 0.5) is 11.5 Å². The fourth-order valence-electron chi connectivity index (χ4n) is 6.83. The van der Waals surface area contributed by atoms with E-state index in [0.717, 1.165) is 51.9 Å². The molecule has 2 fully saturated rings. The first-order valence-corrected chi connectivity index (χ1v) is 19.1. The Morgan fingerprint density at radius 2 is 1.46 bits per heavy atom. The van der Waals surface area contributed by atoms with Crippen LogP contribution < -0.4 is 9.44 Å². The molecule has 0 unspecified atom stereocenters. The lowest BCUT2D eigenvalue weighted by Crippen LogP contribution is -2.49. The summed E-state index contributed by atoms with van der Waals surface area (Å²) in [5.41, 5.74) is 7.82. The topological polar surface area (TPSA) is 174 Å². The minimum absolute atomic E-state index is 0.0845. The van der Waals surface area contributed by atoms with Crippen molar-refractivity contribution in [3.63, 3.8) is 0 Å². The Morgan fingerprint density at radius 3 is 2.06 bits per heavy atom. The lowest BCUT2D eigenvalue weighted by Gasteiger charge is -2.41. The highest BCUT2D eigenvalue weighted by molar-refractivity contribution is 8.09. The van der Waals surface area contributed by atoms with Crippen molar-refractivity contribution in [1.29, 1.82) is 0 Å². The molecule has 4 aromatic heterocycles. The molecular weight excluding hydrogens is 657 g/mol. The molecule has 0 atom stereocenters. The van der Waals surface area contributed by atoms with Crippen LogP contribution in [0.15, 0.2) is 76.2 Å². The number of anilines is 2. The monoisotopic (exact) mass is 694 g/mol. The maximum absolute atomic E-state index is 13.8. The highest BCUT2D eigenvalue weighted by Gasteiger charge is 2.37. The smallest absolute Gasteiger partial charge is 0.255 e. The number of nitrogens with zero attached hydrogens (tertiary/aromatic N) is 7. The zero-order valence-corrected chi connectivity index (χ0v) is 28.2. The van der Waals surface area contributed by atoms with Gasteiger partial charge in [0.1, 0.15) is 40.9 Å². The molecule has 1 aromatic carbocycles. The number of nitrogen functional groups attached to an aromatic ring is 1. The molecular formula is C32H38N8O6S2. The molecule has 2 N–H and O–H groups in total. The molecule has 0 amide bonds. The summed E-state index contributed by atoms with van der Waals surface area (Å²) in [6.07, 6.45) is 7.99.